The van der Waals surface area contributed by atoms with Gasteiger partial charge in [0, 0.05) is 22.3 Å². The highest BCUT2D eigenvalue weighted by Gasteiger charge is 2.36. The number of para-hydroxylation sites is 1. The molecule has 0 fully saturated rings. The zero-order valence-corrected chi connectivity index (χ0v) is 23.2. The fourth-order valence-electron chi connectivity index (χ4n) is 4.57. The van der Waals surface area contributed by atoms with E-state index in [4.69, 9.17) is 30.5 Å². The molecular formula is C29H28ClN5O5. The number of hydrogen-bond donors (Lipinski definition) is 2. The van der Waals surface area contributed by atoms with E-state index in [2.05, 4.69) is 20.7 Å². The number of rotatable bonds is 9. The number of allylic oxidation sites excluding steroid dienone is 1. The smallest absolute Gasteiger partial charge is 0.255 e. The molecule has 0 bridgehead atoms. The standard InChI is InChI=1S/C29H28ClN5O5/c1-17-25(28(36)34-22-14-20(37-2)12-13-23(22)38-3)26(35-29(33-17)31-16-32-35)21-6-5-7-24(39-4)27(21)40-15-18-8-10-19(30)11-9-18/h5-14,16,26H,15H2,1-4H3,(H,34,36)(H,31,32,33)/t26-/m1/s1. The number of hydrogen-bond acceptors (Lipinski definition) is 8. The highest BCUT2D eigenvalue weighted by Crippen LogP contribution is 2.43. The molecule has 4 aromatic rings. The second-order valence-electron chi connectivity index (χ2n) is 8.91. The third-order valence-electron chi connectivity index (χ3n) is 6.51. The summed E-state index contributed by atoms with van der Waals surface area (Å²) in [6.45, 7) is 2.07. The number of ether oxygens (including phenoxy) is 4. The van der Waals surface area contributed by atoms with Gasteiger partial charge in [0.15, 0.2) is 11.5 Å². The first-order valence-electron chi connectivity index (χ1n) is 12.4. The predicted octanol–water partition coefficient (Wildman–Crippen LogP) is 5.46. The number of carbonyl (C=O) groups excluding carboxylic acids is 1. The van der Waals surface area contributed by atoms with Crippen LogP contribution in [0.2, 0.25) is 5.02 Å². The number of anilines is 2. The monoisotopic (exact) mass is 561 g/mol. The Kier molecular flexibility index (Phi) is 7.79. The molecule has 1 atom stereocenters. The van der Waals surface area contributed by atoms with Gasteiger partial charge in [0.2, 0.25) is 5.95 Å². The van der Waals surface area contributed by atoms with Gasteiger partial charge in [-0.3, -0.25) is 4.79 Å². The van der Waals surface area contributed by atoms with Gasteiger partial charge in [-0.2, -0.15) is 10.1 Å². The maximum atomic E-state index is 14.0. The van der Waals surface area contributed by atoms with E-state index in [-0.39, 0.29) is 12.5 Å². The molecule has 0 spiro atoms. The molecule has 11 heteroatoms. The Balaban J connectivity index is 1.57. The van der Waals surface area contributed by atoms with Crippen molar-refractivity contribution in [3.63, 3.8) is 0 Å². The van der Waals surface area contributed by atoms with Gasteiger partial charge in [0.05, 0.1) is 32.6 Å². The van der Waals surface area contributed by atoms with Crippen LogP contribution in [-0.4, -0.2) is 42.0 Å². The van der Waals surface area contributed by atoms with E-state index in [1.807, 2.05) is 31.2 Å². The maximum Gasteiger partial charge on any atom is 0.255 e. The molecule has 0 unspecified atom stereocenters. The van der Waals surface area contributed by atoms with E-state index in [0.29, 0.717) is 56.5 Å². The molecule has 0 saturated heterocycles. The first-order valence-corrected chi connectivity index (χ1v) is 12.8. The van der Waals surface area contributed by atoms with Crippen molar-refractivity contribution >= 4 is 29.1 Å². The van der Waals surface area contributed by atoms with Gasteiger partial charge in [-0.25, -0.2) is 4.68 Å². The number of carbonyl (C=O) groups is 1. The van der Waals surface area contributed by atoms with Crippen molar-refractivity contribution in [2.75, 3.05) is 32.0 Å². The number of nitrogens with zero attached hydrogens (tertiary/aromatic N) is 3. The lowest BCUT2D eigenvalue weighted by Gasteiger charge is -2.30. The molecule has 3 aromatic carbocycles. The lowest BCUT2D eigenvalue weighted by atomic mass is 9.93. The van der Waals surface area contributed by atoms with E-state index in [1.54, 1.807) is 55.3 Å². The zero-order valence-electron chi connectivity index (χ0n) is 22.4. The minimum absolute atomic E-state index is 0.255. The zero-order chi connectivity index (χ0) is 28.2. The van der Waals surface area contributed by atoms with Crippen LogP contribution in [0.15, 0.2) is 78.3 Å². The largest absolute Gasteiger partial charge is 0.497 e. The third-order valence-corrected chi connectivity index (χ3v) is 6.77. The minimum Gasteiger partial charge on any atom is -0.497 e. The number of halogens is 1. The van der Waals surface area contributed by atoms with Gasteiger partial charge in [0.1, 0.15) is 30.5 Å². The van der Waals surface area contributed by atoms with Crippen LogP contribution in [0, 0.1) is 0 Å². The van der Waals surface area contributed by atoms with E-state index in [1.165, 1.54) is 13.4 Å². The topological polar surface area (TPSA) is 109 Å². The second-order valence-corrected chi connectivity index (χ2v) is 9.34. The van der Waals surface area contributed by atoms with E-state index >= 15 is 0 Å². The molecule has 1 amide bonds. The van der Waals surface area contributed by atoms with Gasteiger partial charge < -0.3 is 29.6 Å². The normalized spacial score (nSPS) is 14.2. The van der Waals surface area contributed by atoms with Crippen LogP contribution in [0.1, 0.15) is 24.1 Å². The van der Waals surface area contributed by atoms with Crippen molar-refractivity contribution in [2.24, 2.45) is 0 Å². The summed E-state index contributed by atoms with van der Waals surface area (Å²) in [5, 5.41) is 11.3. The van der Waals surface area contributed by atoms with Crippen LogP contribution in [-0.2, 0) is 11.4 Å². The molecule has 5 rings (SSSR count). The van der Waals surface area contributed by atoms with Crippen LogP contribution in [0.4, 0.5) is 11.6 Å². The Morgan fingerprint density at radius 2 is 1.80 bits per heavy atom. The fourth-order valence-corrected chi connectivity index (χ4v) is 4.70. The average Bonchev–Trinajstić information content (AvgIpc) is 3.44. The summed E-state index contributed by atoms with van der Waals surface area (Å²) in [5.74, 6) is 2.18. The quantitative estimate of drug-likeness (QED) is 0.277. The van der Waals surface area contributed by atoms with Gasteiger partial charge >= 0.3 is 0 Å². The van der Waals surface area contributed by atoms with E-state index in [0.717, 1.165) is 5.56 Å². The van der Waals surface area contributed by atoms with Crippen molar-refractivity contribution in [3.8, 4) is 23.0 Å². The van der Waals surface area contributed by atoms with Crippen molar-refractivity contribution in [1.82, 2.24) is 14.8 Å². The number of benzene rings is 3. The Labute approximate surface area is 236 Å². The Morgan fingerprint density at radius 3 is 2.52 bits per heavy atom. The Morgan fingerprint density at radius 1 is 1.02 bits per heavy atom. The molecule has 40 heavy (non-hydrogen) atoms. The van der Waals surface area contributed by atoms with Gasteiger partial charge in [-0.1, -0.05) is 35.9 Å². The Hall–Kier alpha value is -4.70. The van der Waals surface area contributed by atoms with Gasteiger partial charge in [-0.05, 0) is 42.8 Å². The molecule has 0 radical (unpaired) electrons. The van der Waals surface area contributed by atoms with Crippen LogP contribution in [0.25, 0.3) is 0 Å². The predicted molar refractivity (Wildman–Crippen MR) is 151 cm³/mol. The van der Waals surface area contributed by atoms with Crippen molar-refractivity contribution in [2.45, 2.75) is 19.6 Å². The van der Waals surface area contributed by atoms with Crippen LogP contribution in [0.3, 0.4) is 0 Å². The second kappa shape index (κ2) is 11.6. The summed E-state index contributed by atoms with van der Waals surface area (Å²) >= 11 is 6.05. The summed E-state index contributed by atoms with van der Waals surface area (Å²) in [6.07, 6.45) is 1.43. The number of methoxy groups -OCH3 is 3. The highest BCUT2D eigenvalue weighted by atomic mass is 35.5. The third kappa shape index (κ3) is 5.26. The fraction of sp³-hybridized carbons (Fsp3) is 0.207. The molecule has 1 aliphatic rings. The maximum absolute atomic E-state index is 14.0. The summed E-state index contributed by atoms with van der Waals surface area (Å²) in [4.78, 5) is 18.3. The lowest BCUT2D eigenvalue weighted by Crippen LogP contribution is -2.32. The molecule has 2 heterocycles. The summed E-state index contributed by atoms with van der Waals surface area (Å²) < 4.78 is 24.5. The van der Waals surface area contributed by atoms with E-state index < -0.39 is 6.04 Å². The molecule has 10 nitrogen and oxygen atoms in total. The van der Waals surface area contributed by atoms with Crippen LogP contribution < -0.4 is 29.6 Å². The SMILES string of the molecule is COc1ccc(OC)c(NC(=O)C2=C(C)Nc3ncnn3[C@@H]2c2cccc(OC)c2OCc2ccc(Cl)cc2)c1. The average molecular weight is 562 g/mol. The molecule has 0 aliphatic carbocycles. The van der Waals surface area contributed by atoms with E-state index in [9.17, 15) is 4.79 Å². The molecule has 206 valence electrons. The number of nitrogens with one attached hydrogen (secondary N) is 2. The molecule has 2 N–H and O–H groups in total. The summed E-state index contributed by atoms with van der Waals surface area (Å²) in [6, 6.07) is 17.4. The first kappa shape index (κ1) is 26.9. The number of fused-ring (bicyclic) bond motifs is 1. The van der Waals surface area contributed by atoms with Crippen LogP contribution >= 0.6 is 11.6 Å². The molecular weight excluding hydrogens is 534 g/mol. The van der Waals surface area contributed by atoms with Gasteiger partial charge in [0.25, 0.3) is 5.91 Å². The highest BCUT2D eigenvalue weighted by molar-refractivity contribution is 6.30. The summed E-state index contributed by atoms with van der Waals surface area (Å²) in [5.41, 5.74) is 3.07. The lowest BCUT2D eigenvalue weighted by molar-refractivity contribution is -0.113. The molecule has 0 saturated carbocycles. The van der Waals surface area contributed by atoms with Crippen molar-refractivity contribution in [3.05, 3.63) is 94.4 Å². The van der Waals surface area contributed by atoms with Crippen molar-refractivity contribution in [1.29, 1.82) is 0 Å². The van der Waals surface area contributed by atoms with Crippen molar-refractivity contribution < 1.29 is 23.7 Å². The number of aromatic nitrogens is 3. The van der Waals surface area contributed by atoms with Gasteiger partial charge in [-0.15, -0.1) is 0 Å². The molecule has 1 aromatic heterocycles. The first-order chi connectivity index (χ1) is 19.4. The molecule has 1 aliphatic heterocycles. The Bertz CT molecular complexity index is 1570. The summed E-state index contributed by atoms with van der Waals surface area (Å²) in [7, 11) is 4.66. The number of amides is 1. The minimum atomic E-state index is -0.689. The van der Waals surface area contributed by atoms with Crippen LogP contribution in [0.5, 0.6) is 23.0 Å².